The fourth-order valence-corrected chi connectivity index (χ4v) is 4.00. The van der Waals surface area contributed by atoms with Gasteiger partial charge in [-0.15, -0.1) is 0 Å². The molecule has 0 bridgehead atoms. The lowest BCUT2D eigenvalue weighted by Gasteiger charge is -2.11. The van der Waals surface area contributed by atoms with Crippen molar-refractivity contribution in [2.75, 3.05) is 5.43 Å². The SMILES string of the molecule is Cc1ccc(COc2c(Br)cc(/C=N/Nc3ccc(C(F)(F)F)cc3)cc2Br)cc1. The molecule has 0 saturated carbocycles. The zero-order chi connectivity index (χ0) is 21.7. The molecule has 0 aliphatic carbocycles. The fourth-order valence-electron chi connectivity index (χ4n) is 2.55. The molecule has 0 spiro atoms. The first kappa shape index (κ1) is 22.4. The number of hydrazone groups is 1. The molecule has 3 aromatic carbocycles. The lowest BCUT2D eigenvalue weighted by atomic mass is 10.2. The van der Waals surface area contributed by atoms with E-state index < -0.39 is 11.7 Å². The maximum absolute atomic E-state index is 12.6. The second-order valence-electron chi connectivity index (χ2n) is 6.53. The summed E-state index contributed by atoms with van der Waals surface area (Å²) in [5.74, 6) is 0.670. The van der Waals surface area contributed by atoms with Gasteiger partial charge in [-0.1, -0.05) is 29.8 Å². The van der Waals surface area contributed by atoms with Crippen LogP contribution in [0.3, 0.4) is 0 Å². The van der Waals surface area contributed by atoms with Crippen LogP contribution in [0.25, 0.3) is 0 Å². The highest BCUT2D eigenvalue weighted by atomic mass is 79.9. The molecule has 0 amide bonds. The molecule has 0 atom stereocenters. The predicted molar refractivity (Wildman–Crippen MR) is 120 cm³/mol. The first-order chi connectivity index (χ1) is 14.2. The van der Waals surface area contributed by atoms with E-state index in [-0.39, 0.29) is 0 Å². The van der Waals surface area contributed by atoms with Crippen molar-refractivity contribution in [3.05, 3.63) is 91.9 Å². The van der Waals surface area contributed by atoms with Gasteiger partial charge in [0.2, 0.25) is 0 Å². The number of ether oxygens (including phenoxy) is 1. The van der Waals surface area contributed by atoms with Gasteiger partial charge in [-0.25, -0.2) is 0 Å². The van der Waals surface area contributed by atoms with Crippen LogP contribution in [0.4, 0.5) is 18.9 Å². The number of rotatable bonds is 6. The lowest BCUT2D eigenvalue weighted by Crippen LogP contribution is -2.04. The van der Waals surface area contributed by atoms with Crippen molar-refractivity contribution in [3.63, 3.8) is 0 Å². The Hall–Kier alpha value is -2.32. The summed E-state index contributed by atoms with van der Waals surface area (Å²) >= 11 is 7.01. The van der Waals surface area contributed by atoms with Gasteiger partial charge in [0.25, 0.3) is 0 Å². The Morgan fingerprint density at radius 3 is 2.13 bits per heavy atom. The Labute approximate surface area is 189 Å². The Bertz CT molecular complexity index is 1010. The number of nitrogens with zero attached hydrogens (tertiary/aromatic N) is 1. The molecule has 0 aromatic heterocycles. The number of benzene rings is 3. The predicted octanol–water partition coefficient (Wildman–Crippen LogP) is 7.56. The minimum absolute atomic E-state index is 0.431. The summed E-state index contributed by atoms with van der Waals surface area (Å²) in [5.41, 5.74) is 5.49. The van der Waals surface area contributed by atoms with Crippen LogP contribution in [0.15, 0.2) is 74.7 Å². The fraction of sp³-hybridized carbons (Fsp3) is 0.136. The minimum Gasteiger partial charge on any atom is -0.487 e. The standard InChI is InChI=1S/C22H17Br2F3N2O/c1-14-2-4-15(5-3-14)13-30-21-19(23)10-16(11-20(21)24)12-28-29-18-8-6-17(7-9-18)22(25,26)27/h2-12,29H,13H2,1H3/b28-12+. The van der Waals surface area contributed by atoms with Gasteiger partial charge in [-0.05, 0) is 86.3 Å². The van der Waals surface area contributed by atoms with E-state index in [1.54, 1.807) is 6.21 Å². The molecule has 0 aliphatic rings. The highest BCUT2D eigenvalue weighted by Gasteiger charge is 2.29. The second kappa shape index (κ2) is 9.66. The highest BCUT2D eigenvalue weighted by Crippen LogP contribution is 2.35. The summed E-state index contributed by atoms with van der Waals surface area (Å²) in [6, 6.07) is 16.5. The number of aryl methyl sites for hydroxylation is 1. The number of halogens is 5. The highest BCUT2D eigenvalue weighted by molar-refractivity contribution is 9.11. The Morgan fingerprint density at radius 1 is 0.967 bits per heavy atom. The van der Waals surface area contributed by atoms with Gasteiger partial charge in [0.1, 0.15) is 12.4 Å². The Kier molecular flexibility index (Phi) is 7.20. The first-order valence-corrected chi connectivity index (χ1v) is 10.4. The third-order valence-corrected chi connectivity index (χ3v) is 5.32. The van der Waals surface area contributed by atoms with Gasteiger partial charge >= 0.3 is 6.18 Å². The summed E-state index contributed by atoms with van der Waals surface area (Å²) in [7, 11) is 0. The molecule has 3 aromatic rings. The summed E-state index contributed by atoms with van der Waals surface area (Å²) in [6.45, 7) is 2.46. The average molecular weight is 542 g/mol. The van der Waals surface area contributed by atoms with Crippen LogP contribution < -0.4 is 10.2 Å². The van der Waals surface area contributed by atoms with E-state index in [0.29, 0.717) is 18.0 Å². The van der Waals surface area contributed by atoms with Gasteiger partial charge in [-0.2, -0.15) is 18.3 Å². The van der Waals surface area contributed by atoms with E-state index in [1.807, 2.05) is 43.3 Å². The molecule has 0 radical (unpaired) electrons. The number of hydrogen-bond acceptors (Lipinski definition) is 3. The van der Waals surface area contributed by atoms with Crippen molar-refractivity contribution in [2.24, 2.45) is 5.10 Å². The summed E-state index contributed by atoms with van der Waals surface area (Å²) < 4.78 is 45.2. The third kappa shape index (κ3) is 6.09. The smallest absolute Gasteiger partial charge is 0.416 e. The molecular weight excluding hydrogens is 525 g/mol. The van der Waals surface area contributed by atoms with Crippen LogP contribution in [-0.2, 0) is 12.8 Å². The largest absolute Gasteiger partial charge is 0.487 e. The maximum atomic E-state index is 12.6. The number of nitrogens with one attached hydrogen (secondary N) is 1. The van der Waals surface area contributed by atoms with E-state index in [4.69, 9.17) is 4.74 Å². The van der Waals surface area contributed by atoms with Gasteiger partial charge in [0.15, 0.2) is 0 Å². The third-order valence-electron chi connectivity index (χ3n) is 4.14. The van der Waals surface area contributed by atoms with E-state index in [1.165, 1.54) is 17.7 Å². The zero-order valence-corrected chi connectivity index (χ0v) is 19.0. The van der Waals surface area contributed by atoms with Crippen LogP contribution in [-0.4, -0.2) is 6.21 Å². The van der Waals surface area contributed by atoms with E-state index in [0.717, 1.165) is 32.2 Å². The summed E-state index contributed by atoms with van der Waals surface area (Å²) in [6.07, 6.45) is -2.79. The molecule has 3 nitrogen and oxygen atoms in total. The molecule has 30 heavy (non-hydrogen) atoms. The van der Waals surface area contributed by atoms with E-state index in [9.17, 15) is 13.2 Å². The number of alkyl halides is 3. The second-order valence-corrected chi connectivity index (χ2v) is 8.24. The van der Waals surface area contributed by atoms with E-state index in [2.05, 4.69) is 42.4 Å². The molecule has 0 aliphatic heterocycles. The van der Waals surface area contributed by atoms with Crippen LogP contribution >= 0.6 is 31.9 Å². The monoisotopic (exact) mass is 540 g/mol. The van der Waals surface area contributed by atoms with Crippen molar-refractivity contribution in [3.8, 4) is 5.75 Å². The normalized spacial score (nSPS) is 11.7. The molecule has 1 N–H and O–H groups in total. The molecule has 8 heteroatoms. The van der Waals surface area contributed by atoms with Crippen molar-refractivity contribution in [1.29, 1.82) is 0 Å². The number of hydrogen-bond donors (Lipinski definition) is 1. The van der Waals surface area contributed by atoms with Crippen LogP contribution in [0.2, 0.25) is 0 Å². The molecule has 0 heterocycles. The first-order valence-electron chi connectivity index (χ1n) is 8.86. The van der Waals surface area contributed by atoms with Gasteiger partial charge in [0.05, 0.1) is 26.4 Å². The van der Waals surface area contributed by atoms with Crippen molar-refractivity contribution in [1.82, 2.24) is 0 Å². The van der Waals surface area contributed by atoms with Crippen molar-refractivity contribution < 1.29 is 17.9 Å². The molecule has 156 valence electrons. The maximum Gasteiger partial charge on any atom is 0.416 e. The van der Waals surface area contributed by atoms with E-state index >= 15 is 0 Å². The molecular formula is C22H17Br2F3N2O. The molecule has 0 fully saturated rings. The minimum atomic E-state index is -4.36. The lowest BCUT2D eigenvalue weighted by molar-refractivity contribution is -0.137. The Morgan fingerprint density at radius 2 is 1.57 bits per heavy atom. The average Bonchev–Trinajstić information content (AvgIpc) is 2.68. The quantitative estimate of drug-likeness (QED) is 0.258. The van der Waals surface area contributed by atoms with Crippen LogP contribution in [0.5, 0.6) is 5.75 Å². The molecule has 0 saturated heterocycles. The van der Waals surface area contributed by atoms with Crippen LogP contribution in [0, 0.1) is 6.92 Å². The molecule has 3 rings (SSSR count). The number of anilines is 1. The summed E-state index contributed by atoms with van der Waals surface area (Å²) in [4.78, 5) is 0. The Balaban J connectivity index is 1.63. The van der Waals surface area contributed by atoms with Gasteiger partial charge in [-0.3, -0.25) is 5.43 Å². The van der Waals surface area contributed by atoms with Crippen molar-refractivity contribution >= 4 is 43.8 Å². The molecule has 0 unspecified atom stereocenters. The van der Waals surface area contributed by atoms with Gasteiger partial charge in [0, 0.05) is 0 Å². The topological polar surface area (TPSA) is 33.6 Å². The zero-order valence-electron chi connectivity index (χ0n) is 15.8. The van der Waals surface area contributed by atoms with Crippen LogP contribution in [0.1, 0.15) is 22.3 Å². The van der Waals surface area contributed by atoms with Gasteiger partial charge < -0.3 is 4.74 Å². The summed E-state index contributed by atoms with van der Waals surface area (Å²) in [5, 5.41) is 4.08. The van der Waals surface area contributed by atoms with Crippen molar-refractivity contribution in [2.45, 2.75) is 19.7 Å².